The number of carbonyl (C=O) groups is 1. The molecule has 0 saturated heterocycles. The van der Waals surface area contributed by atoms with Gasteiger partial charge in [-0.15, -0.1) is 0 Å². The molecule has 0 bridgehead atoms. The highest BCUT2D eigenvalue weighted by atomic mass is 16.2. The van der Waals surface area contributed by atoms with E-state index in [1.165, 1.54) is 0 Å². The summed E-state index contributed by atoms with van der Waals surface area (Å²) in [5.74, 6) is -0.0406. The van der Waals surface area contributed by atoms with Crippen molar-refractivity contribution in [3.05, 3.63) is 66.2 Å². The Bertz CT molecular complexity index is 605. The maximum atomic E-state index is 12.2. The summed E-state index contributed by atoms with van der Waals surface area (Å²) in [6.07, 6.45) is 3.36. The van der Waals surface area contributed by atoms with E-state index in [0.29, 0.717) is 12.2 Å². The van der Waals surface area contributed by atoms with Crippen LogP contribution in [0.2, 0.25) is 0 Å². The molecule has 0 saturated carbocycles. The standard InChI is InChI=1S/C17H18N2O/c1-2-19(16-9-4-3-5-10-16)17(20)12-11-14-7-6-8-15(18)13-14/h3-13H,2,18H2,1H3/b12-11+. The van der Waals surface area contributed by atoms with Crippen molar-refractivity contribution in [2.24, 2.45) is 0 Å². The van der Waals surface area contributed by atoms with Crippen molar-refractivity contribution in [2.75, 3.05) is 17.2 Å². The van der Waals surface area contributed by atoms with E-state index < -0.39 is 0 Å². The highest BCUT2D eigenvalue weighted by molar-refractivity contribution is 6.03. The average Bonchev–Trinajstić information content (AvgIpc) is 2.47. The molecule has 0 fully saturated rings. The first-order valence-corrected chi connectivity index (χ1v) is 6.61. The van der Waals surface area contributed by atoms with Gasteiger partial charge >= 0.3 is 0 Å². The maximum Gasteiger partial charge on any atom is 0.250 e. The first-order valence-electron chi connectivity index (χ1n) is 6.61. The zero-order valence-electron chi connectivity index (χ0n) is 11.5. The van der Waals surface area contributed by atoms with E-state index >= 15 is 0 Å². The van der Waals surface area contributed by atoms with Gasteiger partial charge in [0.2, 0.25) is 0 Å². The van der Waals surface area contributed by atoms with Crippen LogP contribution in [0, 0.1) is 0 Å². The molecular weight excluding hydrogens is 248 g/mol. The van der Waals surface area contributed by atoms with E-state index in [4.69, 9.17) is 5.73 Å². The van der Waals surface area contributed by atoms with E-state index in [2.05, 4.69) is 0 Å². The number of hydrogen-bond acceptors (Lipinski definition) is 2. The minimum absolute atomic E-state index is 0.0406. The summed E-state index contributed by atoms with van der Waals surface area (Å²) in [7, 11) is 0. The van der Waals surface area contributed by atoms with E-state index in [-0.39, 0.29) is 5.91 Å². The summed E-state index contributed by atoms with van der Waals surface area (Å²) >= 11 is 0. The molecule has 0 aromatic heterocycles. The molecule has 0 aliphatic rings. The number of likely N-dealkylation sites (N-methyl/N-ethyl adjacent to an activating group) is 1. The van der Waals surface area contributed by atoms with Crippen molar-refractivity contribution in [3.63, 3.8) is 0 Å². The molecule has 3 nitrogen and oxygen atoms in total. The highest BCUT2D eigenvalue weighted by Gasteiger charge is 2.09. The van der Waals surface area contributed by atoms with Crippen molar-refractivity contribution in [1.82, 2.24) is 0 Å². The largest absolute Gasteiger partial charge is 0.399 e. The summed E-state index contributed by atoms with van der Waals surface area (Å²) in [6, 6.07) is 17.1. The number of rotatable bonds is 4. The first kappa shape index (κ1) is 13.9. The van der Waals surface area contributed by atoms with Gasteiger partial charge in [-0.3, -0.25) is 4.79 Å². The molecule has 0 aliphatic heterocycles. The summed E-state index contributed by atoms with van der Waals surface area (Å²) in [6.45, 7) is 2.59. The predicted molar refractivity (Wildman–Crippen MR) is 84.4 cm³/mol. The number of nitrogen functional groups attached to an aromatic ring is 1. The van der Waals surface area contributed by atoms with Gasteiger partial charge in [0.25, 0.3) is 5.91 Å². The molecule has 1 amide bonds. The highest BCUT2D eigenvalue weighted by Crippen LogP contribution is 2.14. The molecule has 2 aromatic rings. The molecule has 20 heavy (non-hydrogen) atoms. The Kier molecular flexibility index (Phi) is 4.56. The third-order valence-electron chi connectivity index (χ3n) is 2.98. The van der Waals surface area contributed by atoms with Crippen LogP contribution < -0.4 is 10.6 Å². The number of hydrogen-bond donors (Lipinski definition) is 1. The number of para-hydroxylation sites is 1. The lowest BCUT2D eigenvalue weighted by Crippen LogP contribution is -2.28. The SMILES string of the molecule is CCN(C(=O)/C=C/c1cccc(N)c1)c1ccccc1. The zero-order chi connectivity index (χ0) is 14.4. The molecule has 2 N–H and O–H groups in total. The van der Waals surface area contributed by atoms with Crippen molar-refractivity contribution >= 4 is 23.4 Å². The molecular formula is C17H18N2O. The Morgan fingerprint density at radius 3 is 2.55 bits per heavy atom. The lowest BCUT2D eigenvalue weighted by Gasteiger charge is -2.19. The van der Waals surface area contributed by atoms with Crippen LogP contribution in [-0.4, -0.2) is 12.5 Å². The van der Waals surface area contributed by atoms with Gasteiger partial charge in [0.1, 0.15) is 0 Å². The molecule has 102 valence electrons. The fourth-order valence-electron chi connectivity index (χ4n) is 1.99. The van der Waals surface area contributed by atoms with Crippen molar-refractivity contribution in [2.45, 2.75) is 6.92 Å². The molecule has 2 rings (SSSR count). The minimum Gasteiger partial charge on any atom is -0.399 e. The zero-order valence-corrected chi connectivity index (χ0v) is 11.5. The second-order valence-corrected chi connectivity index (χ2v) is 4.42. The van der Waals surface area contributed by atoms with Crippen molar-refractivity contribution < 1.29 is 4.79 Å². The Morgan fingerprint density at radius 1 is 1.15 bits per heavy atom. The van der Waals surface area contributed by atoms with E-state index in [1.54, 1.807) is 17.1 Å². The van der Waals surface area contributed by atoms with Crippen LogP contribution in [0.5, 0.6) is 0 Å². The fourth-order valence-corrected chi connectivity index (χ4v) is 1.99. The monoisotopic (exact) mass is 266 g/mol. The third kappa shape index (κ3) is 3.48. The van der Waals surface area contributed by atoms with Crippen LogP contribution in [0.1, 0.15) is 12.5 Å². The molecule has 2 aromatic carbocycles. The summed E-state index contributed by atoms with van der Waals surface area (Å²) in [4.78, 5) is 14.0. The Hall–Kier alpha value is -2.55. The number of nitrogens with two attached hydrogens (primary N) is 1. The normalized spacial score (nSPS) is 10.7. The van der Waals surface area contributed by atoms with Gasteiger partial charge in [-0.25, -0.2) is 0 Å². The van der Waals surface area contributed by atoms with Gasteiger partial charge in [0, 0.05) is 24.0 Å². The topological polar surface area (TPSA) is 46.3 Å². The average molecular weight is 266 g/mol. The maximum absolute atomic E-state index is 12.2. The molecule has 0 radical (unpaired) electrons. The lowest BCUT2D eigenvalue weighted by molar-refractivity contribution is -0.114. The second-order valence-electron chi connectivity index (χ2n) is 4.42. The number of nitrogens with zero attached hydrogens (tertiary/aromatic N) is 1. The van der Waals surface area contributed by atoms with Crippen LogP contribution in [0.4, 0.5) is 11.4 Å². The molecule has 0 unspecified atom stereocenters. The van der Waals surface area contributed by atoms with Crippen LogP contribution in [0.3, 0.4) is 0 Å². The van der Waals surface area contributed by atoms with Crippen molar-refractivity contribution in [1.29, 1.82) is 0 Å². The number of anilines is 2. The number of benzene rings is 2. The molecule has 0 aliphatic carbocycles. The summed E-state index contributed by atoms with van der Waals surface area (Å²) < 4.78 is 0. The van der Waals surface area contributed by atoms with Crippen LogP contribution in [0.25, 0.3) is 6.08 Å². The predicted octanol–water partition coefficient (Wildman–Crippen LogP) is 3.34. The van der Waals surface area contributed by atoms with Crippen molar-refractivity contribution in [3.8, 4) is 0 Å². The van der Waals surface area contributed by atoms with E-state index in [1.807, 2.05) is 61.5 Å². The molecule has 0 spiro atoms. The van der Waals surface area contributed by atoms with Crippen LogP contribution in [-0.2, 0) is 4.79 Å². The smallest absolute Gasteiger partial charge is 0.250 e. The lowest BCUT2D eigenvalue weighted by atomic mass is 10.2. The minimum atomic E-state index is -0.0406. The van der Waals surface area contributed by atoms with Gasteiger partial charge in [-0.1, -0.05) is 30.3 Å². The molecule has 3 heteroatoms. The fraction of sp³-hybridized carbons (Fsp3) is 0.118. The Balaban J connectivity index is 2.14. The quantitative estimate of drug-likeness (QED) is 0.681. The second kappa shape index (κ2) is 6.57. The van der Waals surface area contributed by atoms with Gasteiger partial charge < -0.3 is 10.6 Å². The van der Waals surface area contributed by atoms with Crippen LogP contribution in [0.15, 0.2) is 60.7 Å². The Labute approximate surface area is 119 Å². The van der Waals surface area contributed by atoms with E-state index in [0.717, 1.165) is 11.3 Å². The van der Waals surface area contributed by atoms with Gasteiger partial charge in [-0.05, 0) is 42.8 Å². The van der Waals surface area contributed by atoms with Crippen LogP contribution >= 0.6 is 0 Å². The van der Waals surface area contributed by atoms with Gasteiger partial charge in [-0.2, -0.15) is 0 Å². The summed E-state index contributed by atoms with van der Waals surface area (Å²) in [5, 5.41) is 0. The number of amides is 1. The third-order valence-corrected chi connectivity index (χ3v) is 2.98. The molecule has 0 heterocycles. The molecule has 0 atom stereocenters. The first-order chi connectivity index (χ1) is 9.70. The van der Waals surface area contributed by atoms with Gasteiger partial charge in [0.05, 0.1) is 0 Å². The number of carbonyl (C=O) groups excluding carboxylic acids is 1. The van der Waals surface area contributed by atoms with E-state index in [9.17, 15) is 4.79 Å². The Morgan fingerprint density at radius 2 is 1.90 bits per heavy atom. The van der Waals surface area contributed by atoms with Gasteiger partial charge in [0.15, 0.2) is 0 Å². The summed E-state index contributed by atoms with van der Waals surface area (Å²) in [5.41, 5.74) is 8.22.